The van der Waals surface area contributed by atoms with Crippen LogP contribution < -0.4 is 5.48 Å². The van der Waals surface area contributed by atoms with E-state index in [1.807, 2.05) is 30.7 Å². The first-order valence-corrected chi connectivity index (χ1v) is 5.00. The molecule has 2 N–H and O–H groups in total. The molecule has 0 aliphatic carbocycles. The van der Waals surface area contributed by atoms with E-state index in [1.54, 1.807) is 4.52 Å². The van der Waals surface area contributed by atoms with E-state index >= 15 is 0 Å². The van der Waals surface area contributed by atoms with Gasteiger partial charge in [0, 0.05) is 6.20 Å². The van der Waals surface area contributed by atoms with Crippen molar-refractivity contribution in [1.82, 2.24) is 9.61 Å². The molecule has 0 bridgehead atoms. The minimum absolute atomic E-state index is 0.660. The Morgan fingerprint density at radius 2 is 2.38 bits per heavy atom. The molecule has 0 atom stereocenters. The maximum atomic E-state index is 8.92. The number of anilines is 1. The minimum Gasteiger partial charge on any atom is -0.291 e. The number of hydrogen-bond acceptors (Lipinski definition) is 4. The van der Waals surface area contributed by atoms with Crippen LogP contribution in [0, 0.1) is 0 Å². The van der Waals surface area contributed by atoms with Crippen LogP contribution >= 0.6 is 11.8 Å². The van der Waals surface area contributed by atoms with Gasteiger partial charge in [-0.1, -0.05) is 6.07 Å². The van der Waals surface area contributed by atoms with Gasteiger partial charge in [0.2, 0.25) is 0 Å². The standard InChI is InChI=1S/C8H9N3OS/c1-13-8-7(10-12)6-4-2-3-5-11(6)9-8/h2-5,10,12H,1H3. The smallest absolute Gasteiger partial charge is 0.144 e. The summed E-state index contributed by atoms with van der Waals surface area (Å²) in [6.45, 7) is 0. The second kappa shape index (κ2) is 3.27. The lowest BCUT2D eigenvalue weighted by molar-refractivity contribution is 0.388. The highest BCUT2D eigenvalue weighted by Crippen LogP contribution is 2.27. The third-order valence-electron chi connectivity index (χ3n) is 1.81. The summed E-state index contributed by atoms with van der Waals surface area (Å²) in [5.74, 6) is 0. The molecule has 2 rings (SSSR count). The van der Waals surface area contributed by atoms with Crippen LogP contribution in [0.4, 0.5) is 5.69 Å². The van der Waals surface area contributed by atoms with Crippen molar-refractivity contribution < 1.29 is 5.21 Å². The van der Waals surface area contributed by atoms with Crippen LogP contribution in [-0.2, 0) is 0 Å². The van der Waals surface area contributed by atoms with Gasteiger partial charge in [-0.15, -0.1) is 11.8 Å². The quantitative estimate of drug-likeness (QED) is 0.567. The summed E-state index contributed by atoms with van der Waals surface area (Å²) >= 11 is 1.49. The largest absolute Gasteiger partial charge is 0.291 e. The van der Waals surface area contributed by atoms with Gasteiger partial charge in [0.05, 0.1) is 5.52 Å². The van der Waals surface area contributed by atoms with Crippen molar-refractivity contribution in [3.8, 4) is 0 Å². The van der Waals surface area contributed by atoms with Gasteiger partial charge in [0.15, 0.2) is 0 Å². The zero-order valence-electron chi connectivity index (χ0n) is 7.06. The van der Waals surface area contributed by atoms with E-state index in [9.17, 15) is 0 Å². The van der Waals surface area contributed by atoms with Gasteiger partial charge in [0.25, 0.3) is 0 Å². The monoisotopic (exact) mass is 195 g/mol. The minimum atomic E-state index is 0.660. The van der Waals surface area contributed by atoms with Gasteiger partial charge >= 0.3 is 0 Å². The number of nitrogens with one attached hydrogen (secondary N) is 1. The topological polar surface area (TPSA) is 49.6 Å². The van der Waals surface area contributed by atoms with Crippen molar-refractivity contribution in [2.24, 2.45) is 0 Å². The predicted molar refractivity (Wildman–Crippen MR) is 52.4 cm³/mol. The zero-order chi connectivity index (χ0) is 9.26. The molecule has 0 saturated heterocycles. The van der Waals surface area contributed by atoms with Crippen molar-refractivity contribution in [1.29, 1.82) is 0 Å². The highest BCUT2D eigenvalue weighted by Gasteiger charge is 2.09. The molecule has 13 heavy (non-hydrogen) atoms. The Bertz CT molecular complexity index is 426. The van der Waals surface area contributed by atoms with E-state index in [-0.39, 0.29) is 0 Å². The number of thioether (sulfide) groups is 1. The fraction of sp³-hybridized carbons (Fsp3) is 0.125. The fourth-order valence-electron chi connectivity index (χ4n) is 1.23. The molecule has 0 aromatic carbocycles. The molecule has 2 aromatic rings. The summed E-state index contributed by atoms with van der Waals surface area (Å²) in [6, 6.07) is 5.69. The summed E-state index contributed by atoms with van der Waals surface area (Å²) in [6.07, 6.45) is 3.76. The van der Waals surface area contributed by atoms with E-state index in [0.717, 1.165) is 10.5 Å². The molecular weight excluding hydrogens is 186 g/mol. The van der Waals surface area contributed by atoms with Gasteiger partial charge in [-0.05, 0) is 18.4 Å². The molecule has 0 radical (unpaired) electrons. The summed E-state index contributed by atoms with van der Waals surface area (Å²) in [5, 5.41) is 14.0. The van der Waals surface area contributed by atoms with Crippen molar-refractivity contribution in [2.75, 3.05) is 11.7 Å². The maximum absolute atomic E-state index is 8.92. The molecule has 0 aliphatic heterocycles. The van der Waals surface area contributed by atoms with Gasteiger partial charge in [-0.25, -0.2) is 4.52 Å². The normalized spacial score (nSPS) is 10.6. The molecule has 2 aromatic heterocycles. The average molecular weight is 195 g/mol. The average Bonchev–Trinajstić information content (AvgIpc) is 2.55. The lowest BCUT2D eigenvalue weighted by atomic mass is 10.4. The first kappa shape index (κ1) is 8.40. The first-order valence-electron chi connectivity index (χ1n) is 3.78. The lowest BCUT2D eigenvalue weighted by Crippen LogP contribution is -1.89. The van der Waals surface area contributed by atoms with Crippen LogP contribution in [0.2, 0.25) is 0 Å². The third-order valence-corrected chi connectivity index (χ3v) is 2.49. The summed E-state index contributed by atoms with van der Waals surface area (Å²) in [4.78, 5) is 0. The van der Waals surface area contributed by atoms with E-state index in [1.165, 1.54) is 11.8 Å². The molecule has 68 valence electrons. The molecule has 4 nitrogen and oxygen atoms in total. The summed E-state index contributed by atoms with van der Waals surface area (Å²) < 4.78 is 1.73. The molecular formula is C8H9N3OS. The number of aromatic nitrogens is 2. The molecule has 2 heterocycles. The van der Waals surface area contributed by atoms with E-state index in [0.29, 0.717) is 5.69 Å². The second-order valence-electron chi connectivity index (χ2n) is 2.53. The summed E-state index contributed by atoms with van der Waals surface area (Å²) in [5.41, 5.74) is 3.70. The molecule has 0 spiro atoms. The Morgan fingerprint density at radius 3 is 3.08 bits per heavy atom. The molecule has 0 unspecified atom stereocenters. The van der Waals surface area contributed by atoms with Crippen molar-refractivity contribution in [2.45, 2.75) is 5.03 Å². The van der Waals surface area contributed by atoms with Crippen LogP contribution in [0.3, 0.4) is 0 Å². The van der Waals surface area contributed by atoms with E-state index in [2.05, 4.69) is 10.6 Å². The van der Waals surface area contributed by atoms with Gasteiger partial charge in [-0.2, -0.15) is 5.10 Å². The predicted octanol–water partition coefficient (Wildman–Crippen LogP) is 1.86. The van der Waals surface area contributed by atoms with Crippen LogP contribution in [0.25, 0.3) is 5.52 Å². The lowest BCUT2D eigenvalue weighted by Gasteiger charge is -1.96. The van der Waals surface area contributed by atoms with Gasteiger partial charge < -0.3 is 0 Å². The number of fused-ring (bicyclic) bond motifs is 1. The molecule has 0 aliphatic rings. The molecule has 5 heteroatoms. The molecule has 0 fully saturated rings. The summed E-state index contributed by atoms with van der Waals surface area (Å²) in [7, 11) is 0. The zero-order valence-corrected chi connectivity index (χ0v) is 7.88. The fourth-order valence-corrected chi connectivity index (χ4v) is 1.75. The Labute approximate surface area is 79.5 Å². The highest BCUT2D eigenvalue weighted by molar-refractivity contribution is 7.98. The molecule has 0 saturated carbocycles. The highest BCUT2D eigenvalue weighted by atomic mass is 32.2. The Hall–Kier alpha value is -1.20. The molecule has 0 amide bonds. The number of pyridine rings is 1. The van der Waals surface area contributed by atoms with Crippen molar-refractivity contribution in [3.05, 3.63) is 24.4 Å². The van der Waals surface area contributed by atoms with Gasteiger partial charge in [-0.3, -0.25) is 10.7 Å². The van der Waals surface area contributed by atoms with Crippen LogP contribution in [-0.4, -0.2) is 21.1 Å². The number of hydrogen-bond donors (Lipinski definition) is 2. The van der Waals surface area contributed by atoms with Crippen molar-refractivity contribution in [3.63, 3.8) is 0 Å². The number of nitrogens with zero attached hydrogens (tertiary/aromatic N) is 2. The van der Waals surface area contributed by atoms with Gasteiger partial charge in [0.1, 0.15) is 10.7 Å². The van der Waals surface area contributed by atoms with E-state index < -0.39 is 0 Å². The number of rotatable bonds is 2. The van der Waals surface area contributed by atoms with Crippen molar-refractivity contribution >= 4 is 23.0 Å². The first-order chi connectivity index (χ1) is 6.36. The Balaban J connectivity index is 2.73. The maximum Gasteiger partial charge on any atom is 0.144 e. The third kappa shape index (κ3) is 1.26. The SMILES string of the molecule is CSc1nn2ccccc2c1NO. The van der Waals surface area contributed by atoms with Crippen LogP contribution in [0.5, 0.6) is 0 Å². The second-order valence-corrected chi connectivity index (χ2v) is 3.32. The Kier molecular flexibility index (Phi) is 2.12. The van der Waals surface area contributed by atoms with Crippen LogP contribution in [0.15, 0.2) is 29.4 Å². The van der Waals surface area contributed by atoms with E-state index in [4.69, 9.17) is 5.21 Å². The van der Waals surface area contributed by atoms with Crippen LogP contribution in [0.1, 0.15) is 0 Å². The Morgan fingerprint density at radius 1 is 1.54 bits per heavy atom.